The SMILES string of the molecule is [C-]#[N+]c1ccc(-c2cc3c(N4CCC[C@@H](N)C4)nncn3c2-c2ccc(C)cc2)cc1. The highest BCUT2D eigenvalue weighted by Gasteiger charge is 2.23. The molecule has 1 aliphatic heterocycles. The van der Waals surface area contributed by atoms with Crippen molar-refractivity contribution in [2.45, 2.75) is 25.8 Å². The van der Waals surface area contributed by atoms with Crippen molar-refractivity contribution in [1.82, 2.24) is 14.6 Å². The van der Waals surface area contributed by atoms with Crippen LogP contribution in [0.3, 0.4) is 0 Å². The van der Waals surface area contributed by atoms with E-state index in [4.69, 9.17) is 12.3 Å². The number of fused-ring (bicyclic) bond motifs is 1. The molecule has 6 nitrogen and oxygen atoms in total. The third kappa shape index (κ3) is 3.54. The minimum absolute atomic E-state index is 0.156. The van der Waals surface area contributed by atoms with Gasteiger partial charge in [-0.2, -0.15) is 0 Å². The molecule has 3 heterocycles. The van der Waals surface area contributed by atoms with Gasteiger partial charge in [0.15, 0.2) is 11.5 Å². The van der Waals surface area contributed by atoms with Gasteiger partial charge in [-0.25, -0.2) is 4.85 Å². The second-order valence-electron chi connectivity index (χ2n) is 8.19. The number of nitrogens with zero attached hydrogens (tertiary/aromatic N) is 5. The van der Waals surface area contributed by atoms with E-state index < -0.39 is 0 Å². The van der Waals surface area contributed by atoms with E-state index in [2.05, 4.69) is 61.6 Å². The Labute approximate surface area is 181 Å². The summed E-state index contributed by atoms with van der Waals surface area (Å²) in [5.41, 5.74) is 13.5. The van der Waals surface area contributed by atoms with Gasteiger partial charge in [-0.15, -0.1) is 10.2 Å². The second-order valence-corrected chi connectivity index (χ2v) is 8.19. The molecule has 0 amide bonds. The lowest BCUT2D eigenvalue weighted by Crippen LogP contribution is -2.43. The van der Waals surface area contributed by atoms with Crippen LogP contribution in [-0.2, 0) is 0 Å². The molecule has 0 radical (unpaired) electrons. The normalized spacial score (nSPS) is 16.4. The number of nitrogens with two attached hydrogens (primary N) is 1. The molecule has 0 aliphatic carbocycles. The molecule has 6 heteroatoms. The first-order valence-corrected chi connectivity index (χ1v) is 10.6. The summed E-state index contributed by atoms with van der Waals surface area (Å²) in [6.07, 6.45) is 3.89. The Bertz CT molecular complexity index is 1260. The summed E-state index contributed by atoms with van der Waals surface area (Å²) in [6, 6.07) is 18.6. The number of rotatable bonds is 3. The lowest BCUT2D eigenvalue weighted by molar-refractivity contribution is 0.502. The first-order chi connectivity index (χ1) is 15.1. The Balaban J connectivity index is 1.74. The molecule has 2 aromatic heterocycles. The van der Waals surface area contributed by atoms with E-state index in [1.54, 1.807) is 6.33 Å². The van der Waals surface area contributed by atoms with Crippen LogP contribution < -0.4 is 10.6 Å². The van der Waals surface area contributed by atoms with Gasteiger partial charge >= 0.3 is 0 Å². The highest BCUT2D eigenvalue weighted by molar-refractivity contribution is 5.90. The van der Waals surface area contributed by atoms with Gasteiger partial charge in [0, 0.05) is 24.7 Å². The zero-order valence-electron chi connectivity index (χ0n) is 17.5. The second kappa shape index (κ2) is 7.86. The third-order valence-corrected chi connectivity index (χ3v) is 5.98. The van der Waals surface area contributed by atoms with Crippen molar-refractivity contribution >= 4 is 17.0 Å². The van der Waals surface area contributed by atoms with E-state index in [-0.39, 0.29) is 6.04 Å². The fourth-order valence-corrected chi connectivity index (χ4v) is 4.37. The fourth-order valence-electron chi connectivity index (χ4n) is 4.37. The number of hydrogen-bond acceptors (Lipinski definition) is 4. The van der Waals surface area contributed by atoms with E-state index in [0.717, 1.165) is 59.7 Å². The summed E-state index contributed by atoms with van der Waals surface area (Å²) < 4.78 is 2.13. The molecule has 1 saturated heterocycles. The summed E-state index contributed by atoms with van der Waals surface area (Å²) in [5, 5.41) is 8.85. The Hall–Kier alpha value is -3.69. The predicted octanol–water partition coefficient (Wildman–Crippen LogP) is 4.85. The Morgan fingerprint density at radius 2 is 1.81 bits per heavy atom. The monoisotopic (exact) mass is 408 g/mol. The molecule has 0 bridgehead atoms. The van der Waals surface area contributed by atoms with E-state index in [0.29, 0.717) is 5.69 Å². The van der Waals surface area contributed by atoms with Gasteiger partial charge in [-0.3, -0.25) is 4.40 Å². The van der Waals surface area contributed by atoms with Gasteiger partial charge in [0.1, 0.15) is 6.33 Å². The summed E-state index contributed by atoms with van der Waals surface area (Å²) in [6.45, 7) is 11.1. The summed E-state index contributed by atoms with van der Waals surface area (Å²) in [5.74, 6) is 0.870. The van der Waals surface area contributed by atoms with Crippen LogP contribution in [0.4, 0.5) is 11.5 Å². The van der Waals surface area contributed by atoms with Gasteiger partial charge in [0.05, 0.1) is 17.8 Å². The number of aromatic nitrogens is 3. The minimum atomic E-state index is 0.156. The van der Waals surface area contributed by atoms with Gasteiger partial charge in [0.2, 0.25) is 0 Å². The van der Waals surface area contributed by atoms with E-state index in [9.17, 15) is 0 Å². The van der Waals surface area contributed by atoms with Crippen LogP contribution in [-0.4, -0.2) is 33.7 Å². The largest absolute Gasteiger partial charge is 0.352 e. The van der Waals surface area contributed by atoms with Crippen LogP contribution in [0.15, 0.2) is 60.9 Å². The average Bonchev–Trinajstić information content (AvgIpc) is 3.19. The molecule has 5 rings (SSSR count). The third-order valence-electron chi connectivity index (χ3n) is 5.98. The first-order valence-electron chi connectivity index (χ1n) is 10.6. The van der Waals surface area contributed by atoms with Crippen molar-refractivity contribution in [3.8, 4) is 22.4 Å². The van der Waals surface area contributed by atoms with Crippen molar-refractivity contribution in [1.29, 1.82) is 0 Å². The smallest absolute Gasteiger partial charge is 0.187 e. The van der Waals surface area contributed by atoms with Crippen molar-refractivity contribution in [3.63, 3.8) is 0 Å². The fraction of sp³-hybridized carbons (Fsp3) is 0.240. The lowest BCUT2D eigenvalue weighted by atomic mass is 10.0. The molecule has 2 aromatic carbocycles. The number of hydrogen-bond donors (Lipinski definition) is 1. The van der Waals surface area contributed by atoms with Crippen molar-refractivity contribution < 1.29 is 0 Å². The van der Waals surface area contributed by atoms with Gasteiger partial charge in [-0.1, -0.05) is 54.1 Å². The maximum Gasteiger partial charge on any atom is 0.187 e. The maximum atomic E-state index is 7.25. The molecule has 1 aliphatic rings. The number of anilines is 1. The molecule has 1 atom stereocenters. The van der Waals surface area contributed by atoms with E-state index >= 15 is 0 Å². The van der Waals surface area contributed by atoms with Crippen LogP contribution in [0.5, 0.6) is 0 Å². The molecular formula is C25H24N6. The summed E-state index contributed by atoms with van der Waals surface area (Å²) >= 11 is 0. The Morgan fingerprint density at radius 1 is 1.06 bits per heavy atom. The van der Waals surface area contributed by atoms with Crippen molar-refractivity contribution in [3.05, 3.63) is 77.9 Å². The molecule has 2 N–H and O–H groups in total. The van der Waals surface area contributed by atoms with Gasteiger partial charge in [0.25, 0.3) is 0 Å². The Morgan fingerprint density at radius 3 is 2.52 bits per heavy atom. The van der Waals surface area contributed by atoms with Crippen LogP contribution in [0.2, 0.25) is 0 Å². The van der Waals surface area contributed by atoms with Gasteiger partial charge < -0.3 is 10.6 Å². The summed E-state index contributed by atoms with van der Waals surface area (Å²) in [7, 11) is 0. The molecule has 4 aromatic rings. The number of aryl methyl sites for hydroxylation is 1. The quantitative estimate of drug-likeness (QED) is 0.492. The zero-order valence-corrected chi connectivity index (χ0v) is 17.5. The molecule has 154 valence electrons. The van der Waals surface area contributed by atoms with Crippen LogP contribution >= 0.6 is 0 Å². The van der Waals surface area contributed by atoms with Crippen molar-refractivity contribution in [2.75, 3.05) is 18.0 Å². The average molecular weight is 409 g/mol. The Kier molecular flexibility index (Phi) is 4.89. The molecule has 1 fully saturated rings. The van der Waals surface area contributed by atoms with Gasteiger partial charge in [-0.05, 0) is 37.0 Å². The number of benzene rings is 2. The molecular weight excluding hydrogens is 384 g/mol. The standard InChI is InChI=1S/C25H24N6/c1-17-5-7-19(8-6-17)24-22(18-9-11-21(27-2)12-10-18)14-23-25(29-28-16-31(23)24)30-13-3-4-20(26)15-30/h5-12,14,16,20H,3-4,13,15,26H2,1H3/t20-/m1/s1. The maximum absolute atomic E-state index is 7.25. The minimum Gasteiger partial charge on any atom is -0.352 e. The predicted molar refractivity (Wildman–Crippen MR) is 124 cm³/mol. The van der Waals surface area contributed by atoms with E-state index in [1.807, 2.05) is 24.3 Å². The highest BCUT2D eigenvalue weighted by atomic mass is 15.3. The highest BCUT2D eigenvalue weighted by Crippen LogP contribution is 2.38. The lowest BCUT2D eigenvalue weighted by Gasteiger charge is -2.31. The van der Waals surface area contributed by atoms with Crippen LogP contribution in [0.1, 0.15) is 18.4 Å². The van der Waals surface area contributed by atoms with Crippen LogP contribution in [0.25, 0.3) is 32.7 Å². The number of piperidine rings is 1. The molecule has 0 spiro atoms. The van der Waals surface area contributed by atoms with Crippen molar-refractivity contribution in [2.24, 2.45) is 5.73 Å². The zero-order chi connectivity index (χ0) is 21.4. The topological polar surface area (TPSA) is 63.8 Å². The summed E-state index contributed by atoms with van der Waals surface area (Å²) in [4.78, 5) is 5.78. The first kappa shape index (κ1) is 19.3. The van der Waals surface area contributed by atoms with E-state index in [1.165, 1.54) is 5.56 Å². The molecule has 31 heavy (non-hydrogen) atoms. The van der Waals surface area contributed by atoms with Crippen LogP contribution in [0, 0.1) is 13.5 Å². The molecule has 0 unspecified atom stereocenters. The molecule has 0 saturated carbocycles.